The highest BCUT2D eigenvalue weighted by Crippen LogP contribution is 2.40. The molecule has 1 fully saturated rings. The number of hydrogen-bond donors (Lipinski definition) is 0. The van der Waals surface area contributed by atoms with Gasteiger partial charge in [-0.15, -0.1) is 0 Å². The van der Waals surface area contributed by atoms with Crippen LogP contribution in [-0.4, -0.2) is 76.2 Å². The van der Waals surface area contributed by atoms with E-state index in [0.717, 1.165) is 37.2 Å². The molecule has 0 spiro atoms. The summed E-state index contributed by atoms with van der Waals surface area (Å²) in [4.78, 5) is 37.5. The number of piperidine rings is 1. The number of anilines is 1. The first-order valence-electron chi connectivity index (χ1n) is 12.7. The van der Waals surface area contributed by atoms with E-state index in [-0.39, 0.29) is 23.8 Å². The normalized spacial score (nSPS) is 18.2. The standard InChI is InChI=1S/C28H34N6O2/c1-19(2)34-18-29-26(30-34)24-17-33(28(36)20-8-6-5-7-9-20)25-11-10-21(16-23(24)25)27(35)32-14-12-22(13-15-32)31(3)4/h5-11,16,18-19,22,24H,12-15,17H2,1-4H3. The van der Waals surface area contributed by atoms with Gasteiger partial charge >= 0.3 is 0 Å². The minimum Gasteiger partial charge on any atom is -0.339 e. The van der Waals surface area contributed by atoms with Gasteiger partial charge in [0.1, 0.15) is 6.33 Å². The van der Waals surface area contributed by atoms with Gasteiger partial charge in [-0.2, -0.15) is 5.10 Å². The molecule has 2 aromatic carbocycles. The summed E-state index contributed by atoms with van der Waals surface area (Å²) in [5.41, 5.74) is 3.03. The van der Waals surface area contributed by atoms with Gasteiger partial charge in [-0.3, -0.25) is 14.3 Å². The fraction of sp³-hybridized carbons (Fsp3) is 0.429. The van der Waals surface area contributed by atoms with Crippen LogP contribution in [-0.2, 0) is 0 Å². The van der Waals surface area contributed by atoms with Crippen molar-refractivity contribution >= 4 is 17.5 Å². The second-order valence-electron chi connectivity index (χ2n) is 10.3. The highest BCUT2D eigenvalue weighted by atomic mass is 16.2. The summed E-state index contributed by atoms with van der Waals surface area (Å²) < 4.78 is 1.83. The molecule has 2 aliphatic rings. The van der Waals surface area contributed by atoms with E-state index in [0.29, 0.717) is 29.5 Å². The Morgan fingerprint density at radius 1 is 0.972 bits per heavy atom. The molecule has 8 heteroatoms. The Bertz CT molecular complexity index is 1240. The topological polar surface area (TPSA) is 74.6 Å². The molecule has 2 aliphatic heterocycles. The van der Waals surface area contributed by atoms with Crippen molar-refractivity contribution in [2.24, 2.45) is 0 Å². The van der Waals surface area contributed by atoms with Gasteiger partial charge in [-0.05, 0) is 76.7 Å². The van der Waals surface area contributed by atoms with E-state index in [2.05, 4.69) is 37.8 Å². The molecule has 8 nitrogen and oxygen atoms in total. The number of rotatable bonds is 5. The van der Waals surface area contributed by atoms with Crippen molar-refractivity contribution in [1.29, 1.82) is 0 Å². The third-order valence-corrected chi connectivity index (χ3v) is 7.42. The Balaban J connectivity index is 1.47. The van der Waals surface area contributed by atoms with Crippen LogP contribution >= 0.6 is 0 Å². The molecule has 36 heavy (non-hydrogen) atoms. The number of fused-ring (bicyclic) bond motifs is 1. The second-order valence-corrected chi connectivity index (χ2v) is 10.3. The van der Waals surface area contributed by atoms with Gasteiger partial charge in [0, 0.05) is 48.5 Å². The molecule has 5 rings (SSSR count). The molecule has 0 radical (unpaired) electrons. The predicted octanol–water partition coefficient (Wildman–Crippen LogP) is 3.82. The molecular formula is C28H34N6O2. The third kappa shape index (κ3) is 4.53. The zero-order valence-electron chi connectivity index (χ0n) is 21.5. The summed E-state index contributed by atoms with van der Waals surface area (Å²) in [5.74, 6) is 0.458. The minimum atomic E-state index is -0.195. The molecule has 1 unspecified atom stereocenters. The fourth-order valence-corrected chi connectivity index (χ4v) is 5.21. The zero-order chi connectivity index (χ0) is 25.4. The lowest BCUT2D eigenvalue weighted by molar-refractivity contribution is 0.0663. The lowest BCUT2D eigenvalue weighted by Gasteiger charge is -2.35. The van der Waals surface area contributed by atoms with Crippen molar-refractivity contribution in [3.8, 4) is 0 Å². The van der Waals surface area contributed by atoms with Gasteiger partial charge in [-0.25, -0.2) is 4.98 Å². The van der Waals surface area contributed by atoms with Gasteiger partial charge in [0.25, 0.3) is 11.8 Å². The fourth-order valence-electron chi connectivity index (χ4n) is 5.21. The predicted molar refractivity (Wildman–Crippen MR) is 139 cm³/mol. The van der Waals surface area contributed by atoms with Crippen molar-refractivity contribution in [2.75, 3.05) is 38.6 Å². The maximum atomic E-state index is 13.5. The van der Waals surface area contributed by atoms with Crippen LogP contribution in [0.5, 0.6) is 0 Å². The lowest BCUT2D eigenvalue weighted by Crippen LogP contribution is -2.44. The average Bonchev–Trinajstić information content (AvgIpc) is 3.53. The molecule has 0 aliphatic carbocycles. The highest BCUT2D eigenvalue weighted by molar-refractivity contribution is 6.08. The lowest BCUT2D eigenvalue weighted by atomic mass is 9.97. The SMILES string of the molecule is CC(C)n1cnc(C2CN(C(=O)c3ccccc3)c3ccc(C(=O)N4CCC(N(C)C)CC4)cc32)n1. The summed E-state index contributed by atoms with van der Waals surface area (Å²) in [6, 6.07) is 15.7. The van der Waals surface area contributed by atoms with Crippen LogP contribution in [0.25, 0.3) is 0 Å². The summed E-state index contributed by atoms with van der Waals surface area (Å²) in [5, 5.41) is 4.71. The number of nitrogens with zero attached hydrogens (tertiary/aromatic N) is 6. The maximum absolute atomic E-state index is 13.5. The van der Waals surface area contributed by atoms with Crippen LogP contribution in [0.2, 0.25) is 0 Å². The summed E-state index contributed by atoms with van der Waals surface area (Å²) in [6.45, 7) is 6.06. The number of likely N-dealkylation sites (tertiary alicyclic amines) is 1. The number of carbonyl (C=O) groups is 2. The Morgan fingerprint density at radius 3 is 2.33 bits per heavy atom. The smallest absolute Gasteiger partial charge is 0.258 e. The molecule has 3 heterocycles. The number of benzene rings is 2. The largest absolute Gasteiger partial charge is 0.339 e. The Labute approximate surface area is 212 Å². The molecule has 0 N–H and O–H groups in total. The van der Waals surface area contributed by atoms with E-state index in [1.165, 1.54) is 0 Å². The van der Waals surface area contributed by atoms with Gasteiger partial charge in [0.2, 0.25) is 0 Å². The number of carbonyl (C=O) groups excluding carboxylic acids is 2. The second kappa shape index (κ2) is 9.85. The van der Waals surface area contributed by atoms with Crippen molar-refractivity contribution in [3.05, 3.63) is 77.4 Å². The van der Waals surface area contributed by atoms with E-state index in [1.807, 2.05) is 58.1 Å². The van der Waals surface area contributed by atoms with Gasteiger partial charge in [-0.1, -0.05) is 18.2 Å². The molecule has 188 valence electrons. The first kappa shape index (κ1) is 24.2. The Kier molecular flexibility index (Phi) is 6.62. The molecule has 1 saturated heterocycles. The molecule has 1 atom stereocenters. The van der Waals surface area contributed by atoms with Crippen LogP contribution in [0.1, 0.15) is 70.8 Å². The van der Waals surface area contributed by atoms with Gasteiger partial charge in [0.05, 0.1) is 5.92 Å². The van der Waals surface area contributed by atoms with Crippen molar-refractivity contribution in [1.82, 2.24) is 24.6 Å². The maximum Gasteiger partial charge on any atom is 0.258 e. The summed E-state index contributed by atoms with van der Waals surface area (Å²) in [7, 11) is 4.19. The first-order valence-corrected chi connectivity index (χ1v) is 12.7. The average molecular weight is 487 g/mol. The van der Waals surface area contributed by atoms with Gasteiger partial charge in [0.15, 0.2) is 5.82 Å². The number of amides is 2. The number of aromatic nitrogens is 3. The monoisotopic (exact) mass is 486 g/mol. The molecular weight excluding hydrogens is 452 g/mol. The quantitative estimate of drug-likeness (QED) is 0.548. The highest BCUT2D eigenvalue weighted by Gasteiger charge is 2.37. The van der Waals surface area contributed by atoms with E-state index in [1.54, 1.807) is 11.2 Å². The van der Waals surface area contributed by atoms with E-state index >= 15 is 0 Å². The Hall–Kier alpha value is -3.52. The first-order chi connectivity index (χ1) is 17.3. The molecule has 0 saturated carbocycles. The van der Waals surface area contributed by atoms with E-state index in [4.69, 9.17) is 5.10 Å². The van der Waals surface area contributed by atoms with E-state index < -0.39 is 0 Å². The summed E-state index contributed by atoms with van der Waals surface area (Å²) >= 11 is 0. The summed E-state index contributed by atoms with van der Waals surface area (Å²) in [6.07, 6.45) is 3.69. The van der Waals surface area contributed by atoms with Crippen LogP contribution in [0.4, 0.5) is 5.69 Å². The van der Waals surface area contributed by atoms with Crippen LogP contribution < -0.4 is 4.90 Å². The van der Waals surface area contributed by atoms with Crippen molar-refractivity contribution < 1.29 is 9.59 Å². The van der Waals surface area contributed by atoms with Crippen molar-refractivity contribution in [2.45, 2.75) is 44.7 Å². The zero-order valence-corrected chi connectivity index (χ0v) is 21.5. The van der Waals surface area contributed by atoms with E-state index in [9.17, 15) is 9.59 Å². The van der Waals surface area contributed by atoms with Crippen LogP contribution in [0.3, 0.4) is 0 Å². The third-order valence-electron chi connectivity index (χ3n) is 7.42. The molecule has 0 bridgehead atoms. The Morgan fingerprint density at radius 2 is 1.69 bits per heavy atom. The molecule has 1 aromatic heterocycles. The minimum absolute atomic E-state index is 0.0438. The molecule has 3 aromatic rings. The van der Waals surface area contributed by atoms with Gasteiger partial charge < -0.3 is 14.7 Å². The number of hydrogen-bond acceptors (Lipinski definition) is 5. The van der Waals surface area contributed by atoms with Crippen LogP contribution in [0.15, 0.2) is 54.9 Å². The van der Waals surface area contributed by atoms with Crippen molar-refractivity contribution in [3.63, 3.8) is 0 Å². The van der Waals surface area contributed by atoms with Crippen LogP contribution in [0, 0.1) is 0 Å². The molecule has 2 amide bonds.